The minimum atomic E-state index is -1.27. The Bertz CT molecular complexity index is 1170. The first kappa shape index (κ1) is 26.9. The van der Waals surface area contributed by atoms with Gasteiger partial charge in [0.25, 0.3) is 11.8 Å². The van der Waals surface area contributed by atoms with Crippen LogP contribution in [0.25, 0.3) is 0 Å². The van der Waals surface area contributed by atoms with Gasteiger partial charge in [0.1, 0.15) is 28.4 Å². The number of aromatic nitrogens is 1. The second-order valence-electron chi connectivity index (χ2n) is 8.34. The number of carboxylic acid groups (broad SMARTS) is 1. The number of hydrogen-bond acceptors (Lipinski definition) is 11. The molecule has 1 unspecified atom stereocenters. The summed E-state index contributed by atoms with van der Waals surface area (Å²) in [5, 5.41) is 19.1. The first-order chi connectivity index (χ1) is 17.0. The van der Waals surface area contributed by atoms with Gasteiger partial charge < -0.3 is 25.3 Å². The molecule has 2 aliphatic heterocycles. The maximum atomic E-state index is 13.1. The van der Waals surface area contributed by atoms with Crippen LogP contribution in [0.4, 0.5) is 5.13 Å². The molecule has 0 aromatic carbocycles. The van der Waals surface area contributed by atoms with Gasteiger partial charge in [0.2, 0.25) is 13.0 Å². The van der Waals surface area contributed by atoms with Crippen LogP contribution in [0.1, 0.15) is 26.5 Å². The van der Waals surface area contributed by atoms with E-state index in [2.05, 4.69) is 27.4 Å². The fourth-order valence-corrected chi connectivity index (χ4v) is 5.23. The van der Waals surface area contributed by atoms with E-state index in [4.69, 9.17) is 9.57 Å². The summed E-state index contributed by atoms with van der Waals surface area (Å²) in [6, 6.07) is -1.04. The summed E-state index contributed by atoms with van der Waals surface area (Å²) < 4.78 is 5.12. The van der Waals surface area contributed by atoms with E-state index in [1.54, 1.807) is 20.8 Å². The average Bonchev–Trinajstić information content (AvgIpc) is 3.26. The number of thioether (sulfide) groups is 1. The van der Waals surface area contributed by atoms with Crippen molar-refractivity contribution in [1.82, 2.24) is 15.2 Å². The number of amides is 3. The molecule has 3 amide bonds. The first-order valence-corrected chi connectivity index (χ1v) is 12.3. The third kappa shape index (κ3) is 5.91. The molecule has 15 heteroatoms. The predicted molar refractivity (Wildman–Crippen MR) is 130 cm³/mol. The Balaban J connectivity index is 1.78. The lowest BCUT2D eigenvalue weighted by atomic mass is 10.0. The van der Waals surface area contributed by atoms with Crippen LogP contribution in [0.3, 0.4) is 0 Å². The number of nitrogens with zero attached hydrogens (tertiary/aromatic N) is 3. The highest BCUT2D eigenvalue weighted by atomic mass is 32.2. The zero-order chi connectivity index (χ0) is 26.6. The van der Waals surface area contributed by atoms with Crippen molar-refractivity contribution >= 4 is 64.1 Å². The number of allylic oxidation sites excluding steroid dienone is 1. The Labute approximate surface area is 213 Å². The molecule has 1 fully saturated rings. The summed E-state index contributed by atoms with van der Waals surface area (Å²) in [6.45, 7) is 8.02. The monoisotopic (exact) mass is 537 g/mol. The van der Waals surface area contributed by atoms with Crippen molar-refractivity contribution < 1.29 is 38.7 Å². The van der Waals surface area contributed by atoms with Crippen LogP contribution in [-0.4, -0.2) is 80.2 Å². The molecule has 3 N–H and O–H groups in total. The number of oxime groups is 1. The van der Waals surface area contributed by atoms with E-state index in [1.165, 1.54) is 23.2 Å². The lowest BCUT2D eigenvalue weighted by molar-refractivity contribution is -0.160. The van der Waals surface area contributed by atoms with Crippen molar-refractivity contribution in [3.05, 3.63) is 35.0 Å². The summed E-state index contributed by atoms with van der Waals surface area (Å²) in [6.07, 6.45) is 1.79. The van der Waals surface area contributed by atoms with Crippen molar-refractivity contribution in [2.24, 2.45) is 5.16 Å². The number of nitrogens with one attached hydrogen (secondary N) is 2. The summed E-state index contributed by atoms with van der Waals surface area (Å²) >= 11 is 2.28. The van der Waals surface area contributed by atoms with Gasteiger partial charge in [0, 0.05) is 11.1 Å². The molecule has 0 aliphatic carbocycles. The van der Waals surface area contributed by atoms with Gasteiger partial charge in [-0.15, -0.1) is 23.1 Å². The second-order valence-corrected chi connectivity index (χ2v) is 10.3. The lowest BCUT2D eigenvalue weighted by Crippen LogP contribution is -2.71. The van der Waals surface area contributed by atoms with Crippen molar-refractivity contribution in [1.29, 1.82) is 0 Å². The zero-order valence-electron chi connectivity index (χ0n) is 19.5. The molecule has 13 nitrogen and oxygen atoms in total. The van der Waals surface area contributed by atoms with Gasteiger partial charge in [0.15, 0.2) is 10.8 Å². The molecule has 1 aromatic rings. The Kier molecular flexibility index (Phi) is 8.14. The van der Waals surface area contributed by atoms with Crippen LogP contribution in [0, 0.1) is 0 Å². The summed E-state index contributed by atoms with van der Waals surface area (Å²) in [5.41, 5.74) is -0.870. The summed E-state index contributed by atoms with van der Waals surface area (Å²) in [7, 11) is 0. The largest absolute Gasteiger partial charge is 0.477 e. The van der Waals surface area contributed by atoms with Crippen molar-refractivity contribution in [3.8, 4) is 0 Å². The maximum Gasteiger partial charge on any atom is 0.352 e. The van der Waals surface area contributed by atoms with E-state index in [0.29, 0.717) is 17.7 Å². The van der Waals surface area contributed by atoms with E-state index in [1.807, 2.05) is 0 Å². The third-order valence-corrected chi connectivity index (χ3v) is 6.71. The molecular weight excluding hydrogens is 514 g/mol. The number of carbonyl (C=O) groups excluding carboxylic acids is 4. The number of fused-ring (bicyclic) bond motifs is 1. The molecule has 0 spiro atoms. The van der Waals surface area contributed by atoms with Gasteiger partial charge >= 0.3 is 11.9 Å². The van der Waals surface area contributed by atoms with Crippen LogP contribution in [0.5, 0.6) is 0 Å². The number of carboxylic acids is 1. The highest BCUT2D eigenvalue weighted by Gasteiger charge is 2.54. The highest BCUT2D eigenvalue weighted by molar-refractivity contribution is 8.00. The number of anilines is 1. The standard InChI is InChI=1S/C21H23N5O8S2/c1-5-10-7-35-18-14(17(30)26(18)15(10)19(31)32)24-16(29)13(11-8-36-20(23-11)22-9-27)25-33-6-12(28)34-21(2,3)4/h5,8-9,14,18H,1,6-7H2,2-4H3,(H,24,29)(H,31,32)(H,22,23,27)/b25-13+/t14?,18-/m1/s1. The molecule has 192 valence electrons. The molecule has 0 radical (unpaired) electrons. The maximum absolute atomic E-state index is 13.1. The van der Waals surface area contributed by atoms with Gasteiger partial charge in [0.05, 0.1) is 0 Å². The highest BCUT2D eigenvalue weighted by Crippen LogP contribution is 2.40. The van der Waals surface area contributed by atoms with Gasteiger partial charge in [-0.1, -0.05) is 17.8 Å². The number of hydrogen-bond donors (Lipinski definition) is 3. The first-order valence-electron chi connectivity index (χ1n) is 10.4. The molecular formula is C21H23N5O8S2. The van der Waals surface area contributed by atoms with E-state index >= 15 is 0 Å². The molecule has 2 aliphatic rings. The second kappa shape index (κ2) is 10.9. The smallest absolute Gasteiger partial charge is 0.352 e. The van der Waals surface area contributed by atoms with E-state index in [0.717, 1.165) is 16.2 Å². The molecule has 0 saturated carbocycles. The number of carbonyl (C=O) groups is 5. The van der Waals surface area contributed by atoms with E-state index in [9.17, 15) is 29.1 Å². The Morgan fingerprint density at radius 1 is 1.39 bits per heavy atom. The minimum Gasteiger partial charge on any atom is -0.477 e. The van der Waals surface area contributed by atoms with Gasteiger partial charge in [-0.25, -0.2) is 14.6 Å². The quantitative estimate of drug-likeness (QED) is 0.127. The SMILES string of the molecule is C=CC1=C(C(=O)O)N2C(=O)C(NC(=O)/C(=N/OCC(=O)OC(C)(C)C)c3csc(NC=O)n3)[C@H]2SC1. The van der Waals surface area contributed by atoms with Crippen LogP contribution in [0.2, 0.25) is 0 Å². The molecule has 36 heavy (non-hydrogen) atoms. The number of rotatable bonds is 10. The van der Waals surface area contributed by atoms with Crippen molar-refractivity contribution in [2.45, 2.75) is 37.8 Å². The molecule has 1 saturated heterocycles. The Morgan fingerprint density at radius 3 is 2.72 bits per heavy atom. The number of esters is 1. The fraction of sp³-hybridized carbons (Fsp3) is 0.381. The Hall–Kier alpha value is -3.72. The lowest BCUT2D eigenvalue weighted by Gasteiger charge is -2.49. The molecule has 0 bridgehead atoms. The van der Waals surface area contributed by atoms with Gasteiger partial charge in [-0.3, -0.25) is 19.3 Å². The van der Waals surface area contributed by atoms with Crippen LogP contribution < -0.4 is 10.6 Å². The number of ether oxygens (including phenoxy) is 1. The van der Waals surface area contributed by atoms with Crippen LogP contribution in [0.15, 0.2) is 34.5 Å². The summed E-state index contributed by atoms with van der Waals surface area (Å²) in [5.74, 6) is -3.17. The average molecular weight is 538 g/mol. The topological polar surface area (TPSA) is 177 Å². The predicted octanol–water partition coefficient (Wildman–Crippen LogP) is 0.698. The summed E-state index contributed by atoms with van der Waals surface area (Å²) in [4.78, 5) is 70.4. The van der Waals surface area contributed by atoms with E-state index < -0.39 is 47.4 Å². The molecule has 1 aromatic heterocycles. The van der Waals surface area contributed by atoms with Crippen molar-refractivity contribution in [2.75, 3.05) is 17.7 Å². The van der Waals surface area contributed by atoms with Crippen LogP contribution in [-0.2, 0) is 33.5 Å². The van der Waals surface area contributed by atoms with Crippen molar-refractivity contribution in [3.63, 3.8) is 0 Å². The van der Waals surface area contributed by atoms with E-state index in [-0.39, 0.29) is 22.2 Å². The molecule has 3 rings (SSSR count). The molecule has 3 heterocycles. The number of aliphatic carboxylic acids is 1. The van der Waals surface area contributed by atoms with Gasteiger partial charge in [-0.05, 0) is 26.3 Å². The van der Waals surface area contributed by atoms with Gasteiger partial charge in [-0.2, -0.15) is 0 Å². The fourth-order valence-electron chi connectivity index (χ4n) is 3.23. The number of β-lactam (4-membered cyclic amide) rings is 1. The normalized spacial score (nSPS) is 19.6. The zero-order valence-corrected chi connectivity index (χ0v) is 21.1. The minimum absolute atomic E-state index is 0.0195. The molecule has 2 atom stereocenters. The third-order valence-electron chi connectivity index (χ3n) is 4.64. The van der Waals surface area contributed by atoms with Crippen LogP contribution >= 0.6 is 23.1 Å². The number of thiazole rings is 1. The Morgan fingerprint density at radius 2 is 2.11 bits per heavy atom.